The molecule has 0 aromatic rings. The average molecular weight is 479 g/mol. The van der Waals surface area contributed by atoms with Crippen molar-refractivity contribution in [3.8, 4) is 0 Å². The molecule has 34 heavy (non-hydrogen) atoms. The molecule has 6 heteroatoms. The lowest BCUT2D eigenvalue weighted by Gasteiger charge is -2.42. The topological polar surface area (TPSA) is 71.1 Å². The second kappa shape index (κ2) is 11.1. The molecule has 3 aliphatic rings. The van der Waals surface area contributed by atoms with Gasteiger partial charge in [0, 0.05) is 13.0 Å². The SMILES string of the molecule is CCC1CC[C@@]2(C)C(=C1OC(=O)[C@@H]1CCC[C@H](OCOC)C1)CC[C@@H]2[C@H](C)C(=O)OC(C)(C)C. The van der Waals surface area contributed by atoms with Gasteiger partial charge in [-0.05, 0) is 89.0 Å². The van der Waals surface area contributed by atoms with Crippen LogP contribution in [0.5, 0.6) is 0 Å². The van der Waals surface area contributed by atoms with Crippen molar-refractivity contribution in [3.63, 3.8) is 0 Å². The van der Waals surface area contributed by atoms with Crippen molar-refractivity contribution in [1.29, 1.82) is 0 Å². The minimum Gasteiger partial charge on any atom is -0.460 e. The summed E-state index contributed by atoms with van der Waals surface area (Å²) < 4.78 is 22.8. The molecule has 0 aromatic heterocycles. The summed E-state index contributed by atoms with van der Waals surface area (Å²) in [5.41, 5.74) is 0.644. The zero-order valence-electron chi connectivity index (χ0n) is 22.4. The van der Waals surface area contributed by atoms with Gasteiger partial charge < -0.3 is 18.9 Å². The van der Waals surface area contributed by atoms with Gasteiger partial charge in [-0.15, -0.1) is 0 Å². The Morgan fingerprint density at radius 3 is 2.53 bits per heavy atom. The van der Waals surface area contributed by atoms with Crippen molar-refractivity contribution < 1.29 is 28.5 Å². The Morgan fingerprint density at radius 2 is 1.88 bits per heavy atom. The monoisotopic (exact) mass is 478 g/mol. The largest absolute Gasteiger partial charge is 0.460 e. The Morgan fingerprint density at radius 1 is 1.15 bits per heavy atom. The number of ether oxygens (including phenoxy) is 4. The zero-order valence-corrected chi connectivity index (χ0v) is 22.4. The maximum Gasteiger partial charge on any atom is 0.314 e. The summed E-state index contributed by atoms with van der Waals surface area (Å²) in [6.07, 6.45) is 8.30. The molecule has 0 saturated heterocycles. The van der Waals surface area contributed by atoms with Crippen molar-refractivity contribution in [3.05, 3.63) is 11.3 Å². The van der Waals surface area contributed by atoms with E-state index in [4.69, 9.17) is 18.9 Å². The van der Waals surface area contributed by atoms with Crippen LogP contribution in [0.25, 0.3) is 0 Å². The minimum absolute atomic E-state index is 0.0491. The van der Waals surface area contributed by atoms with Crippen LogP contribution in [0.3, 0.4) is 0 Å². The van der Waals surface area contributed by atoms with Gasteiger partial charge in [0.05, 0.1) is 17.9 Å². The molecule has 6 nitrogen and oxygen atoms in total. The van der Waals surface area contributed by atoms with Crippen LogP contribution in [0.2, 0.25) is 0 Å². The Balaban J connectivity index is 1.78. The lowest BCUT2D eigenvalue weighted by Crippen LogP contribution is -2.39. The molecule has 0 spiro atoms. The normalized spacial score (nSPS) is 32.8. The van der Waals surface area contributed by atoms with Crippen LogP contribution in [0.4, 0.5) is 0 Å². The predicted molar refractivity (Wildman–Crippen MR) is 131 cm³/mol. The molecule has 3 rings (SSSR count). The van der Waals surface area contributed by atoms with Gasteiger partial charge in [0.1, 0.15) is 18.2 Å². The van der Waals surface area contributed by atoms with Crippen LogP contribution in [-0.2, 0) is 28.5 Å². The van der Waals surface area contributed by atoms with E-state index in [1.54, 1.807) is 7.11 Å². The summed E-state index contributed by atoms with van der Waals surface area (Å²) in [6, 6.07) is 0. The summed E-state index contributed by atoms with van der Waals surface area (Å²) in [4.78, 5) is 26.2. The molecule has 0 aliphatic heterocycles. The molecule has 1 unspecified atom stereocenters. The Bertz CT molecular complexity index is 765. The van der Waals surface area contributed by atoms with Gasteiger partial charge in [-0.3, -0.25) is 9.59 Å². The number of allylic oxidation sites excluding steroid dienone is 2. The molecule has 3 aliphatic carbocycles. The third-order valence-corrected chi connectivity index (χ3v) is 8.36. The fourth-order valence-electron chi connectivity index (χ4n) is 6.48. The first-order chi connectivity index (χ1) is 16.0. The van der Waals surface area contributed by atoms with Gasteiger partial charge in [-0.1, -0.05) is 27.2 Å². The third kappa shape index (κ3) is 6.04. The van der Waals surface area contributed by atoms with Gasteiger partial charge in [-0.25, -0.2) is 0 Å². The van der Waals surface area contributed by atoms with Crippen LogP contribution in [0.15, 0.2) is 11.3 Å². The number of fused-ring (bicyclic) bond motifs is 1. The molecule has 0 amide bonds. The molecule has 2 saturated carbocycles. The standard InChI is InChI=1S/C28H46O6/c1-8-19-14-15-28(6)22(18(2)25(29)34-27(3,4)5)12-13-23(28)24(19)33-26(30)20-10-9-11-21(16-20)32-17-31-7/h18-22H,8-17H2,1-7H3/t18-,19?,20+,21-,22+,28+/m0/s1. The number of hydrogen-bond acceptors (Lipinski definition) is 6. The van der Waals surface area contributed by atoms with Crippen LogP contribution in [0, 0.1) is 29.1 Å². The first-order valence-corrected chi connectivity index (χ1v) is 13.3. The maximum atomic E-state index is 13.3. The molecule has 0 aromatic carbocycles. The van der Waals surface area contributed by atoms with E-state index < -0.39 is 5.60 Å². The van der Waals surface area contributed by atoms with Crippen LogP contribution in [-0.4, -0.2) is 37.5 Å². The molecule has 0 radical (unpaired) electrons. The Labute approximate surface area is 206 Å². The van der Waals surface area contributed by atoms with Gasteiger partial charge in [0.2, 0.25) is 0 Å². The second-order valence-corrected chi connectivity index (χ2v) is 11.9. The second-order valence-electron chi connectivity index (χ2n) is 11.9. The Kier molecular flexibility index (Phi) is 8.89. The van der Waals surface area contributed by atoms with Crippen molar-refractivity contribution in [2.45, 2.75) is 111 Å². The third-order valence-electron chi connectivity index (χ3n) is 8.36. The first kappa shape index (κ1) is 27.2. The van der Waals surface area contributed by atoms with E-state index in [2.05, 4.69) is 13.8 Å². The van der Waals surface area contributed by atoms with Crippen molar-refractivity contribution in [2.24, 2.45) is 29.1 Å². The quantitative estimate of drug-likeness (QED) is 0.307. The smallest absolute Gasteiger partial charge is 0.314 e. The van der Waals surface area contributed by atoms with E-state index in [1.165, 1.54) is 5.57 Å². The molecular formula is C28H46O6. The van der Waals surface area contributed by atoms with Gasteiger partial charge in [0.15, 0.2) is 0 Å². The molecule has 6 atom stereocenters. The van der Waals surface area contributed by atoms with Crippen molar-refractivity contribution in [1.82, 2.24) is 0 Å². The fourth-order valence-corrected chi connectivity index (χ4v) is 6.48. The lowest BCUT2D eigenvalue weighted by molar-refractivity contribution is -0.163. The maximum absolute atomic E-state index is 13.3. The number of rotatable bonds is 8. The van der Waals surface area contributed by atoms with E-state index >= 15 is 0 Å². The molecular weight excluding hydrogens is 432 g/mol. The summed E-state index contributed by atoms with van der Waals surface area (Å²) in [5, 5.41) is 0. The summed E-state index contributed by atoms with van der Waals surface area (Å²) in [7, 11) is 1.62. The van der Waals surface area contributed by atoms with E-state index in [-0.39, 0.29) is 53.9 Å². The highest BCUT2D eigenvalue weighted by Crippen LogP contribution is 2.59. The van der Waals surface area contributed by atoms with E-state index in [1.807, 2.05) is 27.7 Å². The zero-order chi connectivity index (χ0) is 25.1. The number of methoxy groups -OCH3 is 1. The van der Waals surface area contributed by atoms with Gasteiger partial charge >= 0.3 is 11.9 Å². The molecule has 0 heterocycles. The number of hydrogen-bond donors (Lipinski definition) is 0. The number of carbonyl (C=O) groups is 2. The van der Waals surface area contributed by atoms with Crippen LogP contribution < -0.4 is 0 Å². The average Bonchev–Trinajstić information content (AvgIpc) is 3.13. The summed E-state index contributed by atoms with van der Waals surface area (Å²) in [6.45, 7) is 12.5. The van der Waals surface area contributed by atoms with E-state index in [0.29, 0.717) is 6.42 Å². The first-order valence-electron chi connectivity index (χ1n) is 13.3. The van der Waals surface area contributed by atoms with E-state index in [0.717, 1.165) is 57.1 Å². The van der Waals surface area contributed by atoms with Crippen molar-refractivity contribution >= 4 is 11.9 Å². The highest BCUT2D eigenvalue weighted by molar-refractivity contribution is 5.74. The molecule has 0 N–H and O–H groups in total. The number of carbonyl (C=O) groups excluding carboxylic acids is 2. The molecule has 2 fully saturated rings. The van der Waals surface area contributed by atoms with E-state index in [9.17, 15) is 9.59 Å². The highest BCUT2D eigenvalue weighted by atomic mass is 16.7. The van der Waals surface area contributed by atoms with Gasteiger partial charge in [0.25, 0.3) is 0 Å². The summed E-state index contributed by atoms with van der Waals surface area (Å²) in [5.74, 6) is 0.818. The van der Waals surface area contributed by atoms with Crippen LogP contribution in [0.1, 0.15) is 99.3 Å². The Hall–Kier alpha value is -1.40. The molecule has 0 bridgehead atoms. The number of esters is 2. The van der Waals surface area contributed by atoms with Crippen LogP contribution >= 0.6 is 0 Å². The van der Waals surface area contributed by atoms with Crippen molar-refractivity contribution in [2.75, 3.05) is 13.9 Å². The highest BCUT2D eigenvalue weighted by Gasteiger charge is 2.52. The molecule has 194 valence electrons. The lowest BCUT2D eigenvalue weighted by atomic mass is 9.64. The fraction of sp³-hybridized carbons (Fsp3) is 0.857. The predicted octanol–water partition coefficient (Wildman–Crippen LogP) is 6.18. The van der Waals surface area contributed by atoms with Gasteiger partial charge in [-0.2, -0.15) is 0 Å². The summed E-state index contributed by atoms with van der Waals surface area (Å²) >= 11 is 0. The minimum atomic E-state index is -0.491.